The highest BCUT2D eigenvalue weighted by Crippen LogP contribution is 2.22. The zero-order valence-electron chi connectivity index (χ0n) is 9.37. The number of nitrogens with zero attached hydrogens (tertiary/aromatic N) is 1. The molecule has 0 aliphatic rings. The number of hydrogen-bond acceptors (Lipinski definition) is 1. The average molecular weight is 280 g/mol. The molecule has 0 saturated carbocycles. The summed E-state index contributed by atoms with van der Waals surface area (Å²) in [7, 11) is 0. The average Bonchev–Trinajstić information content (AvgIpc) is 2.53. The number of rotatable bonds is 2. The van der Waals surface area contributed by atoms with E-state index in [1.165, 1.54) is 0 Å². The van der Waals surface area contributed by atoms with Crippen LogP contribution in [0.25, 0.3) is 5.69 Å². The van der Waals surface area contributed by atoms with Crippen molar-refractivity contribution < 1.29 is 5.11 Å². The van der Waals surface area contributed by atoms with Gasteiger partial charge in [0.15, 0.2) is 0 Å². The monoisotopic (exact) mass is 279 g/mol. The molecule has 2 aromatic rings. The Kier molecular flexibility index (Phi) is 3.17. The van der Waals surface area contributed by atoms with Gasteiger partial charge in [0, 0.05) is 21.5 Å². The van der Waals surface area contributed by atoms with Crippen LogP contribution in [0.2, 0.25) is 0 Å². The molecule has 2 nitrogen and oxygen atoms in total. The van der Waals surface area contributed by atoms with Crippen molar-refractivity contribution in [1.29, 1.82) is 0 Å². The number of aliphatic hydroxyl groups is 1. The van der Waals surface area contributed by atoms with Crippen LogP contribution in [-0.4, -0.2) is 9.67 Å². The summed E-state index contributed by atoms with van der Waals surface area (Å²) >= 11 is 3.47. The first-order valence-electron chi connectivity index (χ1n) is 5.18. The maximum absolute atomic E-state index is 9.24. The van der Waals surface area contributed by atoms with Gasteiger partial charge in [0.1, 0.15) is 0 Å². The minimum atomic E-state index is 0.0909. The molecule has 84 valence electrons. The van der Waals surface area contributed by atoms with Crippen LogP contribution in [0.5, 0.6) is 0 Å². The normalized spacial score (nSPS) is 10.8. The molecular weight excluding hydrogens is 266 g/mol. The third-order valence-electron chi connectivity index (χ3n) is 2.77. The van der Waals surface area contributed by atoms with Gasteiger partial charge in [0.05, 0.1) is 6.61 Å². The van der Waals surface area contributed by atoms with Crippen LogP contribution < -0.4 is 0 Å². The fraction of sp³-hybridized carbons (Fsp3) is 0.231. The van der Waals surface area contributed by atoms with E-state index in [2.05, 4.69) is 32.6 Å². The SMILES string of the molecule is Cc1cc(CO)c(C)n1-c1cccc(Br)c1. The molecular formula is C13H14BrNO. The summed E-state index contributed by atoms with van der Waals surface area (Å²) in [6.07, 6.45) is 0. The molecule has 0 aliphatic heterocycles. The van der Waals surface area contributed by atoms with Crippen molar-refractivity contribution in [2.45, 2.75) is 20.5 Å². The molecule has 1 N–H and O–H groups in total. The molecule has 0 aliphatic carbocycles. The maximum atomic E-state index is 9.24. The van der Waals surface area contributed by atoms with Gasteiger partial charge in [-0.2, -0.15) is 0 Å². The van der Waals surface area contributed by atoms with E-state index in [0.717, 1.165) is 27.1 Å². The molecule has 3 heteroatoms. The molecule has 1 aromatic carbocycles. The Morgan fingerprint density at radius 2 is 2.00 bits per heavy atom. The minimum Gasteiger partial charge on any atom is -0.392 e. The van der Waals surface area contributed by atoms with Crippen LogP contribution in [-0.2, 0) is 6.61 Å². The van der Waals surface area contributed by atoms with E-state index in [-0.39, 0.29) is 6.61 Å². The fourth-order valence-corrected chi connectivity index (χ4v) is 2.39. The Bertz CT molecular complexity index is 517. The molecule has 1 heterocycles. The van der Waals surface area contributed by atoms with Gasteiger partial charge in [-0.3, -0.25) is 0 Å². The van der Waals surface area contributed by atoms with E-state index in [0.29, 0.717) is 0 Å². The molecule has 1 aromatic heterocycles. The molecule has 0 fully saturated rings. The van der Waals surface area contributed by atoms with Gasteiger partial charge in [-0.1, -0.05) is 22.0 Å². The molecule has 0 radical (unpaired) electrons. The molecule has 0 spiro atoms. The largest absolute Gasteiger partial charge is 0.392 e. The van der Waals surface area contributed by atoms with E-state index in [1.807, 2.05) is 32.0 Å². The van der Waals surface area contributed by atoms with Gasteiger partial charge in [-0.05, 0) is 43.7 Å². The number of benzene rings is 1. The zero-order valence-corrected chi connectivity index (χ0v) is 11.0. The second-order valence-electron chi connectivity index (χ2n) is 3.87. The van der Waals surface area contributed by atoms with Gasteiger partial charge in [0.2, 0.25) is 0 Å². The van der Waals surface area contributed by atoms with Gasteiger partial charge in [-0.25, -0.2) is 0 Å². The van der Waals surface area contributed by atoms with Crippen LogP contribution >= 0.6 is 15.9 Å². The van der Waals surface area contributed by atoms with Crippen molar-refractivity contribution in [2.75, 3.05) is 0 Å². The van der Waals surface area contributed by atoms with Crippen molar-refractivity contribution in [3.8, 4) is 5.69 Å². The Hall–Kier alpha value is -1.06. The van der Waals surface area contributed by atoms with Crippen molar-refractivity contribution in [1.82, 2.24) is 4.57 Å². The highest BCUT2D eigenvalue weighted by molar-refractivity contribution is 9.10. The Labute approximate surface area is 104 Å². The zero-order chi connectivity index (χ0) is 11.7. The third kappa shape index (κ3) is 1.93. The molecule has 2 rings (SSSR count). The van der Waals surface area contributed by atoms with Crippen molar-refractivity contribution in [2.24, 2.45) is 0 Å². The van der Waals surface area contributed by atoms with Crippen LogP contribution in [0.1, 0.15) is 17.0 Å². The summed E-state index contributed by atoms with van der Waals surface area (Å²) < 4.78 is 3.21. The summed E-state index contributed by atoms with van der Waals surface area (Å²) in [6, 6.07) is 10.2. The summed E-state index contributed by atoms with van der Waals surface area (Å²) in [4.78, 5) is 0. The van der Waals surface area contributed by atoms with Gasteiger partial charge in [0.25, 0.3) is 0 Å². The van der Waals surface area contributed by atoms with Gasteiger partial charge in [-0.15, -0.1) is 0 Å². The summed E-state index contributed by atoms with van der Waals surface area (Å²) in [5.41, 5.74) is 4.33. The first-order chi connectivity index (χ1) is 7.63. The van der Waals surface area contributed by atoms with Crippen molar-refractivity contribution in [3.05, 3.63) is 51.8 Å². The van der Waals surface area contributed by atoms with Crippen LogP contribution in [0.4, 0.5) is 0 Å². The topological polar surface area (TPSA) is 25.2 Å². The van der Waals surface area contributed by atoms with Crippen LogP contribution in [0.15, 0.2) is 34.8 Å². The first-order valence-corrected chi connectivity index (χ1v) is 5.97. The highest BCUT2D eigenvalue weighted by atomic mass is 79.9. The lowest BCUT2D eigenvalue weighted by atomic mass is 10.2. The summed E-state index contributed by atoms with van der Waals surface area (Å²) in [5.74, 6) is 0. The summed E-state index contributed by atoms with van der Waals surface area (Å²) in [6.45, 7) is 4.17. The van der Waals surface area contributed by atoms with E-state index in [9.17, 15) is 5.11 Å². The second kappa shape index (κ2) is 4.44. The predicted molar refractivity (Wildman–Crippen MR) is 68.9 cm³/mol. The van der Waals surface area contributed by atoms with Gasteiger partial charge >= 0.3 is 0 Å². The standard InChI is InChI=1S/C13H14BrNO/c1-9-6-11(8-16)10(2)15(9)13-5-3-4-12(14)7-13/h3-7,16H,8H2,1-2H3. The maximum Gasteiger partial charge on any atom is 0.0699 e. The second-order valence-corrected chi connectivity index (χ2v) is 4.79. The molecule has 16 heavy (non-hydrogen) atoms. The fourth-order valence-electron chi connectivity index (χ4n) is 2.00. The van der Waals surface area contributed by atoms with Crippen molar-refractivity contribution in [3.63, 3.8) is 0 Å². The van der Waals surface area contributed by atoms with E-state index < -0.39 is 0 Å². The molecule has 0 unspecified atom stereocenters. The number of halogens is 1. The van der Waals surface area contributed by atoms with E-state index in [1.54, 1.807) is 0 Å². The van der Waals surface area contributed by atoms with E-state index >= 15 is 0 Å². The molecule has 0 atom stereocenters. The van der Waals surface area contributed by atoms with Crippen LogP contribution in [0, 0.1) is 13.8 Å². The number of aryl methyl sites for hydroxylation is 1. The highest BCUT2D eigenvalue weighted by Gasteiger charge is 2.09. The quantitative estimate of drug-likeness (QED) is 0.896. The smallest absolute Gasteiger partial charge is 0.0699 e. The molecule has 0 saturated heterocycles. The first kappa shape index (κ1) is 11.4. The number of hydrogen-bond donors (Lipinski definition) is 1. The molecule has 0 bridgehead atoms. The van der Waals surface area contributed by atoms with Crippen molar-refractivity contribution >= 4 is 15.9 Å². The Balaban J connectivity index is 2.60. The minimum absolute atomic E-state index is 0.0909. The lowest BCUT2D eigenvalue weighted by molar-refractivity contribution is 0.281. The Morgan fingerprint density at radius 3 is 2.56 bits per heavy atom. The number of aromatic nitrogens is 1. The van der Waals surface area contributed by atoms with Crippen LogP contribution in [0.3, 0.4) is 0 Å². The predicted octanol–water partition coefficient (Wildman–Crippen LogP) is 3.35. The lowest BCUT2D eigenvalue weighted by Gasteiger charge is -2.10. The lowest BCUT2D eigenvalue weighted by Crippen LogP contribution is -1.99. The third-order valence-corrected chi connectivity index (χ3v) is 3.27. The van der Waals surface area contributed by atoms with E-state index in [4.69, 9.17) is 0 Å². The molecule has 0 amide bonds. The van der Waals surface area contributed by atoms with Gasteiger partial charge < -0.3 is 9.67 Å². The Morgan fingerprint density at radius 1 is 1.25 bits per heavy atom. The number of aliphatic hydroxyl groups excluding tert-OH is 1. The summed E-state index contributed by atoms with van der Waals surface area (Å²) in [5, 5.41) is 9.24.